The predicted molar refractivity (Wildman–Crippen MR) is 68.0 cm³/mol. The standard InChI is InChI=1S/C12H16N4O3/c13-11(16-18)9-1-2-10(14-6-9)12(17)15-5-8-3-4-19-7-8/h1-2,6,8,18H,3-5,7H2,(H2,13,16)(H,15,17). The van der Waals surface area contributed by atoms with Gasteiger partial charge in [-0.25, -0.2) is 0 Å². The number of carbonyl (C=O) groups excluding carboxylic acids is 1. The highest BCUT2D eigenvalue weighted by Crippen LogP contribution is 2.10. The second kappa shape index (κ2) is 6.14. The van der Waals surface area contributed by atoms with Gasteiger partial charge in [-0.15, -0.1) is 0 Å². The Morgan fingerprint density at radius 3 is 3.05 bits per heavy atom. The number of aromatic nitrogens is 1. The third-order valence-electron chi connectivity index (χ3n) is 2.97. The van der Waals surface area contributed by atoms with E-state index < -0.39 is 0 Å². The number of amidine groups is 1. The maximum atomic E-state index is 11.8. The van der Waals surface area contributed by atoms with E-state index in [0.29, 0.717) is 30.3 Å². The Bertz CT molecular complexity index is 466. The zero-order valence-corrected chi connectivity index (χ0v) is 10.4. The number of ether oxygens (including phenoxy) is 1. The van der Waals surface area contributed by atoms with Crippen molar-refractivity contribution in [2.24, 2.45) is 16.8 Å². The van der Waals surface area contributed by atoms with E-state index >= 15 is 0 Å². The zero-order chi connectivity index (χ0) is 13.7. The zero-order valence-electron chi connectivity index (χ0n) is 10.4. The molecular formula is C12H16N4O3. The summed E-state index contributed by atoms with van der Waals surface area (Å²) in [6.45, 7) is 2.03. The Kier molecular flexibility index (Phi) is 4.30. The largest absolute Gasteiger partial charge is 0.409 e. The van der Waals surface area contributed by atoms with E-state index in [0.717, 1.165) is 13.0 Å². The SMILES string of the molecule is NC(=NO)c1ccc(C(=O)NCC2CCOC2)nc1. The van der Waals surface area contributed by atoms with Crippen LogP contribution in [-0.4, -0.2) is 41.7 Å². The molecule has 1 saturated heterocycles. The van der Waals surface area contributed by atoms with Gasteiger partial charge in [0.1, 0.15) is 5.69 Å². The minimum atomic E-state index is -0.238. The van der Waals surface area contributed by atoms with Gasteiger partial charge in [0.2, 0.25) is 0 Å². The van der Waals surface area contributed by atoms with Crippen LogP contribution in [0.4, 0.5) is 0 Å². The van der Waals surface area contributed by atoms with Gasteiger partial charge in [-0.05, 0) is 18.6 Å². The van der Waals surface area contributed by atoms with Crippen molar-refractivity contribution in [2.45, 2.75) is 6.42 Å². The summed E-state index contributed by atoms with van der Waals surface area (Å²) in [4.78, 5) is 15.8. The normalized spacial score (nSPS) is 19.4. The molecule has 102 valence electrons. The van der Waals surface area contributed by atoms with Crippen molar-refractivity contribution in [2.75, 3.05) is 19.8 Å². The summed E-state index contributed by atoms with van der Waals surface area (Å²) in [6.07, 6.45) is 2.36. The number of hydrogen-bond donors (Lipinski definition) is 3. The highest BCUT2D eigenvalue weighted by Gasteiger charge is 2.17. The molecule has 1 aliphatic heterocycles. The number of rotatable bonds is 4. The van der Waals surface area contributed by atoms with Crippen LogP contribution in [0.15, 0.2) is 23.5 Å². The smallest absolute Gasteiger partial charge is 0.269 e. The maximum Gasteiger partial charge on any atom is 0.269 e. The van der Waals surface area contributed by atoms with Crippen molar-refractivity contribution < 1.29 is 14.7 Å². The fourth-order valence-corrected chi connectivity index (χ4v) is 1.81. The van der Waals surface area contributed by atoms with E-state index in [2.05, 4.69) is 15.5 Å². The number of pyridine rings is 1. The Hall–Kier alpha value is -2.15. The molecule has 0 aliphatic carbocycles. The third kappa shape index (κ3) is 3.41. The second-order valence-electron chi connectivity index (χ2n) is 4.36. The third-order valence-corrected chi connectivity index (χ3v) is 2.97. The summed E-state index contributed by atoms with van der Waals surface area (Å²) < 4.78 is 5.23. The summed E-state index contributed by atoms with van der Waals surface area (Å²) in [7, 11) is 0. The first-order chi connectivity index (χ1) is 9.20. The van der Waals surface area contributed by atoms with Crippen molar-refractivity contribution >= 4 is 11.7 Å². The molecule has 2 rings (SSSR count). The van der Waals surface area contributed by atoms with Gasteiger partial charge in [0, 0.05) is 30.8 Å². The summed E-state index contributed by atoms with van der Waals surface area (Å²) in [5.41, 5.74) is 6.17. The van der Waals surface area contributed by atoms with Crippen LogP contribution in [0.2, 0.25) is 0 Å². The van der Waals surface area contributed by atoms with Crippen LogP contribution in [0.1, 0.15) is 22.5 Å². The summed E-state index contributed by atoms with van der Waals surface area (Å²) in [5.74, 6) is 0.0981. The molecule has 7 nitrogen and oxygen atoms in total. The lowest BCUT2D eigenvalue weighted by atomic mass is 10.1. The number of nitrogens with one attached hydrogen (secondary N) is 1. The molecule has 0 spiro atoms. The van der Waals surface area contributed by atoms with Crippen molar-refractivity contribution in [3.05, 3.63) is 29.6 Å². The average Bonchev–Trinajstić information content (AvgIpc) is 2.97. The molecule has 1 unspecified atom stereocenters. The van der Waals surface area contributed by atoms with E-state index in [1.165, 1.54) is 12.3 Å². The Balaban J connectivity index is 1.91. The van der Waals surface area contributed by atoms with Gasteiger partial charge in [0.05, 0.1) is 6.61 Å². The monoisotopic (exact) mass is 264 g/mol. The quantitative estimate of drug-likeness (QED) is 0.305. The number of carbonyl (C=O) groups is 1. The van der Waals surface area contributed by atoms with E-state index in [1.807, 2.05) is 0 Å². The van der Waals surface area contributed by atoms with Gasteiger partial charge >= 0.3 is 0 Å². The first-order valence-electron chi connectivity index (χ1n) is 6.00. The molecule has 1 atom stereocenters. The summed E-state index contributed by atoms with van der Waals surface area (Å²) in [6, 6.07) is 3.11. The number of nitrogens with zero attached hydrogens (tertiary/aromatic N) is 2. The van der Waals surface area contributed by atoms with Crippen molar-refractivity contribution in [3.8, 4) is 0 Å². The van der Waals surface area contributed by atoms with Crippen LogP contribution >= 0.6 is 0 Å². The van der Waals surface area contributed by atoms with Gasteiger partial charge in [0.25, 0.3) is 5.91 Å². The molecule has 19 heavy (non-hydrogen) atoms. The van der Waals surface area contributed by atoms with Crippen molar-refractivity contribution in [1.82, 2.24) is 10.3 Å². The van der Waals surface area contributed by atoms with E-state index in [4.69, 9.17) is 15.7 Å². The minimum Gasteiger partial charge on any atom is -0.409 e. The lowest BCUT2D eigenvalue weighted by molar-refractivity contribution is 0.0940. The molecule has 0 bridgehead atoms. The van der Waals surface area contributed by atoms with Crippen molar-refractivity contribution in [1.29, 1.82) is 0 Å². The Morgan fingerprint density at radius 1 is 1.63 bits per heavy atom. The number of nitrogens with two attached hydrogens (primary N) is 1. The Labute approximate surface area is 110 Å². The van der Waals surface area contributed by atoms with Gasteiger partial charge in [0.15, 0.2) is 5.84 Å². The van der Waals surface area contributed by atoms with Crippen LogP contribution in [0.5, 0.6) is 0 Å². The van der Waals surface area contributed by atoms with Gasteiger partial charge in [-0.1, -0.05) is 5.16 Å². The fraction of sp³-hybridized carbons (Fsp3) is 0.417. The topological polar surface area (TPSA) is 110 Å². The van der Waals surface area contributed by atoms with Crippen molar-refractivity contribution in [3.63, 3.8) is 0 Å². The molecular weight excluding hydrogens is 248 g/mol. The van der Waals surface area contributed by atoms with Crippen LogP contribution in [-0.2, 0) is 4.74 Å². The number of hydrogen-bond acceptors (Lipinski definition) is 5. The van der Waals surface area contributed by atoms with Gasteiger partial charge in [-0.2, -0.15) is 0 Å². The second-order valence-corrected chi connectivity index (χ2v) is 4.36. The predicted octanol–water partition coefficient (Wildman–Crippen LogP) is -0.0576. The molecule has 1 aliphatic rings. The molecule has 2 heterocycles. The van der Waals surface area contributed by atoms with Crippen LogP contribution in [0.25, 0.3) is 0 Å². The van der Waals surface area contributed by atoms with E-state index in [1.54, 1.807) is 6.07 Å². The molecule has 1 amide bonds. The molecule has 0 saturated carbocycles. The molecule has 1 fully saturated rings. The van der Waals surface area contributed by atoms with Gasteiger partial charge in [-0.3, -0.25) is 9.78 Å². The molecule has 0 aromatic carbocycles. The highest BCUT2D eigenvalue weighted by molar-refractivity contribution is 5.98. The van der Waals surface area contributed by atoms with Crippen LogP contribution < -0.4 is 11.1 Å². The van der Waals surface area contributed by atoms with Gasteiger partial charge < -0.3 is 21.0 Å². The Morgan fingerprint density at radius 2 is 2.47 bits per heavy atom. The van der Waals surface area contributed by atoms with E-state index in [-0.39, 0.29) is 11.7 Å². The molecule has 1 aromatic heterocycles. The molecule has 0 radical (unpaired) electrons. The molecule has 7 heteroatoms. The number of oxime groups is 1. The maximum absolute atomic E-state index is 11.8. The number of amides is 1. The summed E-state index contributed by atoms with van der Waals surface area (Å²) >= 11 is 0. The molecule has 4 N–H and O–H groups in total. The highest BCUT2D eigenvalue weighted by atomic mass is 16.5. The van der Waals surface area contributed by atoms with Crippen LogP contribution in [0.3, 0.4) is 0 Å². The van der Waals surface area contributed by atoms with Crippen LogP contribution in [0, 0.1) is 5.92 Å². The average molecular weight is 264 g/mol. The lowest BCUT2D eigenvalue weighted by Gasteiger charge is -2.09. The fourth-order valence-electron chi connectivity index (χ4n) is 1.81. The first kappa shape index (κ1) is 13.3. The first-order valence-corrected chi connectivity index (χ1v) is 6.00. The van der Waals surface area contributed by atoms with E-state index in [9.17, 15) is 4.79 Å². The molecule has 1 aromatic rings. The summed E-state index contributed by atoms with van der Waals surface area (Å²) in [5, 5.41) is 14.2. The minimum absolute atomic E-state index is 0.0393. The lowest BCUT2D eigenvalue weighted by Crippen LogP contribution is -2.30.